The van der Waals surface area contributed by atoms with Crippen molar-refractivity contribution in [3.8, 4) is 27.9 Å². The molecular weight excluding hydrogens is 262 g/mol. The van der Waals surface area contributed by atoms with E-state index in [0.717, 1.165) is 16.2 Å². The lowest BCUT2D eigenvalue weighted by molar-refractivity contribution is 0.408. The highest BCUT2D eigenvalue weighted by Crippen LogP contribution is 2.35. The lowest BCUT2D eigenvalue weighted by Crippen LogP contribution is -1.85. The lowest BCUT2D eigenvalue weighted by Gasteiger charge is -1.96. The Bertz CT molecular complexity index is 688. The van der Waals surface area contributed by atoms with Crippen LogP contribution in [0.5, 0.6) is 5.75 Å². The standard InChI is InChI=1S/C13H11N3O2S/c1-17-10-6-7-19-11(10)13-15-12(16-18-13)8-2-4-9(14)5-3-8/h2-7H,14H2,1H3. The van der Waals surface area contributed by atoms with Gasteiger partial charge >= 0.3 is 0 Å². The Labute approximate surface area is 113 Å². The van der Waals surface area contributed by atoms with Crippen LogP contribution in [0.15, 0.2) is 40.2 Å². The van der Waals surface area contributed by atoms with Gasteiger partial charge in [0.15, 0.2) is 0 Å². The van der Waals surface area contributed by atoms with Crippen LogP contribution in [0, 0.1) is 0 Å². The lowest BCUT2D eigenvalue weighted by atomic mass is 10.2. The third kappa shape index (κ3) is 2.17. The Kier molecular flexibility index (Phi) is 2.92. The molecule has 0 amide bonds. The molecule has 0 spiro atoms. The summed E-state index contributed by atoms with van der Waals surface area (Å²) in [6, 6.07) is 9.19. The van der Waals surface area contributed by atoms with Crippen LogP contribution in [-0.2, 0) is 0 Å². The molecule has 3 rings (SSSR count). The molecule has 0 bridgehead atoms. The first-order valence-corrected chi connectivity index (χ1v) is 6.47. The molecule has 0 aliphatic carbocycles. The molecule has 0 aliphatic rings. The molecule has 2 N–H and O–H groups in total. The maximum Gasteiger partial charge on any atom is 0.272 e. The topological polar surface area (TPSA) is 74.2 Å². The van der Waals surface area contributed by atoms with Crippen molar-refractivity contribution in [3.05, 3.63) is 35.7 Å². The van der Waals surface area contributed by atoms with Gasteiger partial charge in [0.25, 0.3) is 5.89 Å². The zero-order valence-corrected chi connectivity index (χ0v) is 11.0. The molecule has 3 aromatic rings. The number of ether oxygens (including phenoxy) is 1. The van der Waals surface area contributed by atoms with Gasteiger partial charge in [0.1, 0.15) is 10.6 Å². The first-order valence-electron chi connectivity index (χ1n) is 5.59. The number of aromatic nitrogens is 2. The van der Waals surface area contributed by atoms with Gasteiger partial charge < -0.3 is 15.0 Å². The maximum absolute atomic E-state index is 5.65. The summed E-state index contributed by atoms with van der Waals surface area (Å²) in [4.78, 5) is 5.20. The zero-order valence-electron chi connectivity index (χ0n) is 10.2. The van der Waals surface area contributed by atoms with Crippen molar-refractivity contribution in [2.75, 3.05) is 12.8 Å². The van der Waals surface area contributed by atoms with E-state index in [9.17, 15) is 0 Å². The van der Waals surface area contributed by atoms with Crippen LogP contribution in [0.3, 0.4) is 0 Å². The predicted octanol–water partition coefficient (Wildman–Crippen LogP) is 3.06. The Morgan fingerprint density at radius 1 is 1.21 bits per heavy atom. The molecule has 0 atom stereocenters. The van der Waals surface area contributed by atoms with E-state index in [1.54, 1.807) is 19.2 Å². The Morgan fingerprint density at radius 3 is 2.74 bits per heavy atom. The molecule has 0 aliphatic heterocycles. The van der Waals surface area contributed by atoms with E-state index in [1.807, 2.05) is 23.6 Å². The first-order chi connectivity index (χ1) is 9.28. The summed E-state index contributed by atoms with van der Waals surface area (Å²) in [5, 5.41) is 5.89. The highest BCUT2D eigenvalue weighted by Gasteiger charge is 2.15. The second kappa shape index (κ2) is 4.74. The Balaban J connectivity index is 1.97. The van der Waals surface area contributed by atoms with Crippen LogP contribution in [-0.4, -0.2) is 17.3 Å². The second-order valence-corrected chi connectivity index (χ2v) is 4.78. The number of rotatable bonds is 3. The zero-order chi connectivity index (χ0) is 13.2. The highest BCUT2D eigenvalue weighted by atomic mass is 32.1. The SMILES string of the molecule is COc1ccsc1-c1nc(-c2ccc(N)cc2)no1. The predicted molar refractivity (Wildman–Crippen MR) is 74.0 cm³/mol. The molecule has 0 unspecified atom stereocenters. The van der Waals surface area contributed by atoms with Crippen molar-refractivity contribution < 1.29 is 9.26 Å². The average Bonchev–Trinajstić information content (AvgIpc) is 3.07. The molecule has 2 aromatic heterocycles. The van der Waals surface area contributed by atoms with Crippen LogP contribution in [0.25, 0.3) is 22.2 Å². The fraction of sp³-hybridized carbons (Fsp3) is 0.0769. The third-order valence-electron chi connectivity index (χ3n) is 2.64. The van der Waals surface area contributed by atoms with Gasteiger partial charge in [0, 0.05) is 11.3 Å². The summed E-state index contributed by atoms with van der Waals surface area (Å²) in [5.74, 6) is 1.72. The molecule has 5 nitrogen and oxygen atoms in total. The number of nitrogen functional groups attached to an aromatic ring is 1. The van der Waals surface area contributed by atoms with Crippen molar-refractivity contribution in [2.24, 2.45) is 0 Å². The summed E-state index contributed by atoms with van der Waals surface area (Å²) < 4.78 is 10.5. The molecule has 0 saturated carbocycles. The van der Waals surface area contributed by atoms with Crippen molar-refractivity contribution in [3.63, 3.8) is 0 Å². The second-order valence-electron chi connectivity index (χ2n) is 3.86. The quantitative estimate of drug-likeness (QED) is 0.742. The molecule has 0 fully saturated rings. The van der Waals surface area contributed by atoms with E-state index >= 15 is 0 Å². The fourth-order valence-corrected chi connectivity index (χ4v) is 2.46. The van der Waals surface area contributed by atoms with Gasteiger partial charge in [-0.25, -0.2) is 0 Å². The number of nitrogens with zero attached hydrogens (tertiary/aromatic N) is 2. The van der Waals surface area contributed by atoms with E-state index in [0.29, 0.717) is 17.4 Å². The van der Waals surface area contributed by atoms with Gasteiger partial charge in [-0.3, -0.25) is 0 Å². The maximum atomic E-state index is 5.65. The molecule has 0 saturated heterocycles. The third-order valence-corrected chi connectivity index (χ3v) is 3.52. The van der Waals surface area contributed by atoms with Gasteiger partial charge in [-0.15, -0.1) is 11.3 Å². The molecule has 19 heavy (non-hydrogen) atoms. The fourth-order valence-electron chi connectivity index (χ4n) is 1.68. The Morgan fingerprint density at radius 2 is 2.00 bits per heavy atom. The normalized spacial score (nSPS) is 10.6. The smallest absolute Gasteiger partial charge is 0.272 e. The number of nitrogens with two attached hydrogens (primary N) is 1. The van der Waals surface area contributed by atoms with Crippen molar-refractivity contribution in [1.82, 2.24) is 10.1 Å². The first kappa shape index (κ1) is 11.7. The van der Waals surface area contributed by atoms with Crippen molar-refractivity contribution in [2.45, 2.75) is 0 Å². The van der Waals surface area contributed by atoms with Crippen molar-refractivity contribution in [1.29, 1.82) is 0 Å². The summed E-state index contributed by atoms with van der Waals surface area (Å²) in [7, 11) is 1.61. The summed E-state index contributed by atoms with van der Waals surface area (Å²) >= 11 is 1.50. The number of hydrogen-bond donors (Lipinski definition) is 1. The van der Waals surface area contributed by atoms with Crippen LogP contribution in [0.2, 0.25) is 0 Å². The molecule has 6 heteroatoms. The monoisotopic (exact) mass is 273 g/mol. The van der Waals surface area contributed by atoms with Crippen LogP contribution in [0.1, 0.15) is 0 Å². The molecule has 96 valence electrons. The van der Waals surface area contributed by atoms with E-state index in [2.05, 4.69) is 10.1 Å². The highest BCUT2D eigenvalue weighted by molar-refractivity contribution is 7.13. The minimum atomic E-state index is 0.457. The van der Waals surface area contributed by atoms with E-state index < -0.39 is 0 Å². The molecule has 0 radical (unpaired) electrons. The van der Waals surface area contributed by atoms with Gasteiger partial charge in [0.05, 0.1) is 7.11 Å². The van der Waals surface area contributed by atoms with Gasteiger partial charge in [0.2, 0.25) is 5.82 Å². The van der Waals surface area contributed by atoms with E-state index in [1.165, 1.54) is 11.3 Å². The number of thiophene rings is 1. The number of benzene rings is 1. The molecule has 2 heterocycles. The van der Waals surface area contributed by atoms with Gasteiger partial charge in [-0.1, -0.05) is 5.16 Å². The number of methoxy groups -OCH3 is 1. The van der Waals surface area contributed by atoms with Crippen LogP contribution in [0.4, 0.5) is 5.69 Å². The molecule has 1 aromatic carbocycles. The number of anilines is 1. The van der Waals surface area contributed by atoms with Crippen molar-refractivity contribution >= 4 is 17.0 Å². The summed E-state index contributed by atoms with van der Waals surface area (Å²) in [5.41, 5.74) is 7.21. The summed E-state index contributed by atoms with van der Waals surface area (Å²) in [6.45, 7) is 0. The minimum Gasteiger partial charge on any atom is -0.495 e. The van der Waals surface area contributed by atoms with E-state index in [-0.39, 0.29) is 0 Å². The van der Waals surface area contributed by atoms with E-state index in [4.69, 9.17) is 15.0 Å². The summed E-state index contributed by atoms with van der Waals surface area (Å²) in [6.07, 6.45) is 0. The van der Waals surface area contributed by atoms with Gasteiger partial charge in [-0.05, 0) is 35.7 Å². The minimum absolute atomic E-state index is 0.457. The van der Waals surface area contributed by atoms with Crippen LogP contribution < -0.4 is 10.5 Å². The number of hydrogen-bond acceptors (Lipinski definition) is 6. The average molecular weight is 273 g/mol. The van der Waals surface area contributed by atoms with Crippen LogP contribution >= 0.6 is 11.3 Å². The van der Waals surface area contributed by atoms with Gasteiger partial charge in [-0.2, -0.15) is 4.98 Å². The Hall–Kier alpha value is -2.34. The molecular formula is C13H11N3O2S. The largest absolute Gasteiger partial charge is 0.495 e.